The normalized spacial score (nSPS) is 15.8. The summed E-state index contributed by atoms with van der Waals surface area (Å²) in [5, 5.41) is 3.26. The van der Waals surface area contributed by atoms with Crippen molar-refractivity contribution in [1.82, 2.24) is 9.62 Å². The van der Waals surface area contributed by atoms with Gasteiger partial charge in [-0.1, -0.05) is 17.7 Å². The maximum absolute atomic E-state index is 12.6. The predicted octanol–water partition coefficient (Wildman–Crippen LogP) is 2.32. The zero-order valence-corrected chi connectivity index (χ0v) is 18.7. The van der Waals surface area contributed by atoms with E-state index in [1.54, 1.807) is 43.3 Å². The average molecular weight is 469 g/mol. The number of benzene rings is 2. The topological polar surface area (TPSA) is 94.2 Å². The van der Waals surface area contributed by atoms with Gasteiger partial charge in [-0.15, -0.1) is 0 Å². The van der Waals surface area contributed by atoms with Crippen LogP contribution in [0.5, 0.6) is 11.5 Å². The molecule has 0 spiro atoms. The molecule has 0 unspecified atom stereocenters. The molecule has 0 saturated carbocycles. The van der Waals surface area contributed by atoms with Crippen LogP contribution in [0.1, 0.15) is 6.92 Å². The summed E-state index contributed by atoms with van der Waals surface area (Å²) in [6.07, 6.45) is -0.692. The molecule has 31 heavy (non-hydrogen) atoms. The van der Waals surface area contributed by atoms with Crippen LogP contribution in [0.4, 0.5) is 0 Å². The van der Waals surface area contributed by atoms with Crippen molar-refractivity contribution in [1.29, 1.82) is 0 Å². The van der Waals surface area contributed by atoms with Crippen LogP contribution in [0.2, 0.25) is 5.02 Å². The molecule has 1 fully saturated rings. The summed E-state index contributed by atoms with van der Waals surface area (Å²) in [5.74, 6) is 0.743. The standard InChI is InChI=1S/C21H25ClN2O6S/c1-16(30-19-4-2-3-17(22)15-19)21(25)23-9-12-29-18-5-7-20(8-6-18)31(26,27)24-10-13-28-14-11-24/h2-8,15-16H,9-14H2,1H3,(H,23,25)/t16-/m0/s1. The molecule has 1 aliphatic heterocycles. The SMILES string of the molecule is C[C@H](Oc1cccc(Cl)c1)C(=O)NCCOc1ccc(S(=O)(=O)N2CCOCC2)cc1. The third-order valence-corrected chi connectivity index (χ3v) is 6.73. The van der Waals surface area contributed by atoms with E-state index in [-0.39, 0.29) is 24.0 Å². The van der Waals surface area contributed by atoms with E-state index in [0.29, 0.717) is 42.8 Å². The van der Waals surface area contributed by atoms with Crippen LogP contribution in [0.3, 0.4) is 0 Å². The second-order valence-corrected chi connectivity index (χ2v) is 9.22. The fraction of sp³-hybridized carbons (Fsp3) is 0.381. The lowest BCUT2D eigenvalue weighted by molar-refractivity contribution is -0.127. The highest BCUT2D eigenvalue weighted by Gasteiger charge is 2.26. The highest BCUT2D eigenvalue weighted by atomic mass is 35.5. The molecule has 8 nitrogen and oxygen atoms in total. The van der Waals surface area contributed by atoms with E-state index in [1.165, 1.54) is 16.4 Å². The van der Waals surface area contributed by atoms with Crippen molar-refractivity contribution in [3.8, 4) is 11.5 Å². The number of halogens is 1. The van der Waals surface area contributed by atoms with Crippen molar-refractivity contribution in [3.63, 3.8) is 0 Å². The summed E-state index contributed by atoms with van der Waals surface area (Å²) in [7, 11) is -3.53. The number of morpholine rings is 1. The molecule has 0 radical (unpaired) electrons. The van der Waals surface area contributed by atoms with Gasteiger partial charge in [-0.3, -0.25) is 4.79 Å². The minimum atomic E-state index is -3.53. The Hall–Kier alpha value is -2.33. The number of hydrogen-bond donors (Lipinski definition) is 1. The summed E-state index contributed by atoms with van der Waals surface area (Å²) >= 11 is 5.90. The smallest absolute Gasteiger partial charge is 0.260 e. The average Bonchev–Trinajstić information content (AvgIpc) is 2.77. The van der Waals surface area contributed by atoms with Crippen LogP contribution in [0, 0.1) is 0 Å². The Balaban J connectivity index is 1.42. The first-order valence-electron chi connectivity index (χ1n) is 9.87. The number of hydrogen-bond acceptors (Lipinski definition) is 6. The van der Waals surface area contributed by atoms with E-state index >= 15 is 0 Å². The van der Waals surface area contributed by atoms with Crippen molar-refractivity contribution in [2.45, 2.75) is 17.9 Å². The largest absolute Gasteiger partial charge is 0.492 e. The van der Waals surface area contributed by atoms with Crippen molar-refractivity contribution in [3.05, 3.63) is 53.6 Å². The van der Waals surface area contributed by atoms with Gasteiger partial charge in [0.05, 0.1) is 24.7 Å². The third kappa shape index (κ3) is 6.57. The molecule has 2 aromatic rings. The minimum absolute atomic E-state index is 0.210. The van der Waals surface area contributed by atoms with Crippen molar-refractivity contribution < 1.29 is 27.4 Å². The number of amides is 1. The van der Waals surface area contributed by atoms with Crippen LogP contribution in [0.15, 0.2) is 53.4 Å². The van der Waals surface area contributed by atoms with Gasteiger partial charge in [-0.25, -0.2) is 8.42 Å². The van der Waals surface area contributed by atoms with Gasteiger partial charge in [0.25, 0.3) is 5.91 Å². The minimum Gasteiger partial charge on any atom is -0.492 e. The second kappa shape index (κ2) is 10.8. The van der Waals surface area contributed by atoms with Gasteiger partial charge in [0, 0.05) is 18.1 Å². The number of nitrogens with one attached hydrogen (secondary N) is 1. The monoisotopic (exact) mass is 468 g/mol. The zero-order valence-electron chi connectivity index (χ0n) is 17.1. The predicted molar refractivity (Wildman–Crippen MR) is 116 cm³/mol. The molecule has 1 saturated heterocycles. The molecule has 1 atom stereocenters. The quantitative estimate of drug-likeness (QED) is 0.567. The van der Waals surface area contributed by atoms with Crippen molar-refractivity contribution >= 4 is 27.5 Å². The van der Waals surface area contributed by atoms with Gasteiger partial charge < -0.3 is 19.5 Å². The number of rotatable bonds is 9. The number of carbonyl (C=O) groups is 1. The van der Waals surface area contributed by atoms with Gasteiger partial charge in [0.2, 0.25) is 10.0 Å². The fourth-order valence-electron chi connectivity index (χ4n) is 2.93. The van der Waals surface area contributed by atoms with Gasteiger partial charge in [0.15, 0.2) is 6.10 Å². The summed E-state index contributed by atoms with van der Waals surface area (Å²) in [4.78, 5) is 12.4. The van der Waals surface area contributed by atoms with E-state index in [2.05, 4.69) is 5.32 Å². The first-order chi connectivity index (χ1) is 14.9. The van der Waals surface area contributed by atoms with Crippen molar-refractivity contribution in [2.75, 3.05) is 39.5 Å². The second-order valence-electron chi connectivity index (χ2n) is 6.84. The van der Waals surface area contributed by atoms with E-state index in [4.69, 9.17) is 25.8 Å². The number of sulfonamides is 1. The van der Waals surface area contributed by atoms with Gasteiger partial charge in [0.1, 0.15) is 18.1 Å². The zero-order chi connectivity index (χ0) is 22.3. The molecule has 0 bridgehead atoms. The highest BCUT2D eigenvalue weighted by molar-refractivity contribution is 7.89. The van der Waals surface area contributed by atoms with Gasteiger partial charge in [-0.2, -0.15) is 4.31 Å². The molecule has 1 N–H and O–H groups in total. The fourth-order valence-corrected chi connectivity index (χ4v) is 4.52. The van der Waals surface area contributed by atoms with Crippen LogP contribution >= 0.6 is 11.6 Å². The van der Waals surface area contributed by atoms with Crippen molar-refractivity contribution in [2.24, 2.45) is 0 Å². The molecule has 3 rings (SSSR count). The van der Waals surface area contributed by atoms with E-state index in [9.17, 15) is 13.2 Å². The third-order valence-electron chi connectivity index (χ3n) is 4.58. The summed E-state index contributed by atoms with van der Waals surface area (Å²) in [5.41, 5.74) is 0. The summed E-state index contributed by atoms with van der Waals surface area (Å²) in [6.45, 7) is 3.63. The van der Waals surface area contributed by atoms with E-state index in [0.717, 1.165) is 0 Å². The molecule has 1 aliphatic rings. The first-order valence-corrected chi connectivity index (χ1v) is 11.7. The molecule has 10 heteroatoms. The van der Waals surface area contributed by atoms with Crippen LogP contribution in [-0.2, 0) is 19.6 Å². The lowest BCUT2D eigenvalue weighted by atomic mass is 10.3. The van der Waals surface area contributed by atoms with Crippen LogP contribution in [-0.4, -0.2) is 64.2 Å². The Kier molecular flexibility index (Phi) is 8.14. The lowest BCUT2D eigenvalue weighted by Crippen LogP contribution is -2.40. The molecule has 1 amide bonds. The first kappa shape index (κ1) is 23.3. The number of nitrogens with zero attached hydrogens (tertiary/aromatic N) is 1. The Morgan fingerprint density at radius 2 is 1.87 bits per heavy atom. The number of ether oxygens (including phenoxy) is 3. The Labute approximate surface area is 187 Å². The molecule has 2 aromatic carbocycles. The molecule has 0 aromatic heterocycles. The maximum atomic E-state index is 12.6. The molecule has 0 aliphatic carbocycles. The molecule has 168 valence electrons. The van der Waals surface area contributed by atoms with Crippen LogP contribution < -0.4 is 14.8 Å². The highest BCUT2D eigenvalue weighted by Crippen LogP contribution is 2.21. The maximum Gasteiger partial charge on any atom is 0.260 e. The molecular formula is C21H25ClN2O6S. The number of carbonyl (C=O) groups excluding carboxylic acids is 1. The summed E-state index contributed by atoms with van der Waals surface area (Å²) in [6, 6.07) is 13.0. The Morgan fingerprint density at radius 3 is 2.55 bits per heavy atom. The van der Waals surface area contributed by atoms with E-state index < -0.39 is 16.1 Å². The Morgan fingerprint density at radius 1 is 1.16 bits per heavy atom. The Bertz CT molecular complexity index is 978. The van der Waals surface area contributed by atoms with Gasteiger partial charge in [-0.05, 0) is 49.4 Å². The van der Waals surface area contributed by atoms with E-state index in [1.807, 2.05) is 0 Å². The van der Waals surface area contributed by atoms with Gasteiger partial charge >= 0.3 is 0 Å². The lowest BCUT2D eigenvalue weighted by Gasteiger charge is -2.26. The summed E-state index contributed by atoms with van der Waals surface area (Å²) < 4.78 is 43.0. The molecule has 1 heterocycles. The molecular weight excluding hydrogens is 444 g/mol. The van der Waals surface area contributed by atoms with Crippen LogP contribution in [0.25, 0.3) is 0 Å².